The van der Waals surface area contributed by atoms with Crippen molar-refractivity contribution in [2.75, 3.05) is 0 Å². The normalized spacial score (nSPS) is 12.5. The zero-order valence-electron chi connectivity index (χ0n) is 76.1. The Balaban J connectivity index is -0.000000295. The van der Waals surface area contributed by atoms with Gasteiger partial charge in [0.1, 0.15) is 0 Å². The van der Waals surface area contributed by atoms with Crippen LogP contribution in [0.15, 0.2) is 331 Å². The SMILES string of the molecule is CC#N.CC#N.CC#N.CC#N.CC#N.CC#N.CC#N.F[P-](F)(F)(F)(F)F.F[P-](F)(F)(F)(F)F.F[P-](F)(F)(F)(F)F.F[P-](F)(F)(F)(F)F.F[P-](F)(F)(F)(F)F.F[P-](F)(F)(F)(F)F.[Pd+2].[Pd+2].[Pd+2].c1ccc(-c2ccccn2)nc1.c1ccc(-c2ccccn2)nc1.c1ccc(-c2ccccn2)nc1.c1cn(-c2ccc(-n3ccnc3)cc2)cn1.c1cn(-c2ccc(-n3ccnc3)cc2)cn1.c1cn(-c2ccc(-n3ccnc3)cc2)cn1. The van der Waals surface area contributed by atoms with Crippen LogP contribution in [-0.4, -0.2) is 87.2 Å². The van der Waals surface area contributed by atoms with Crippen LogP contribution in [0.1, 0.15) is 48.5 Å². The van der Waals surface area contributed by atoms with Crippen LogP contribution in [-0.2, 0) is 61.3 Å². The van der Waals surface area contributed by atoms with Gasteiger partial charge in [0.15, 0.2) is 0 Å². The largest absolute Gasteiger partial charge is 2.00 e. The molecule has 0 radical (unpaired) electrons. The zero-order chi connectivity index (χ0) is 114. The minimum Gasteiger partial charge on any atom is -0.306 e. The molecule has 0 aliphatic rings. The summed E-state index contributed by atoms with van der Waals surface area (Å²) in [6.45, 7) is 10.0. The molecule has 0 N–H and O–H groups in total. The van der Waals surface area contributed by atoms with Gasteiger partial charge in [-0.2, -0.15) is 36.8 Å². The predicted molar refractivity (Wildman–Crippen MR) is 485 cm³/mol. The van der Waals surface area contributed by atoms with Crippen molar-refractivity contribution in [1.29, 1.82) is 36.8 Å². The first kappa shape index (κ1) is 149. The summed E-state index contributed by atoms with van der Waals surface area (Å²) in [5.41, 5.74) is 12.1. The molecule has 0 aliphatic heterocycles. The van der Waals surface area contributed by atoms with Crippen molar-refractivity contribution < 1.29 is 212 Å². The van der Waals surface area contributed by atoms with E-state index in [-0.39, 0.29) is 61.3 Å². The van der Waals surface area contributed by atoms with E-state index < -0.39 is 46.9 Å². The van der Waals surface area contributed by atoms with E-state index in [1.54, 1.807) is 155 Å². The maximum atomic E-state index is 9.87. The molecule has 15 rings (SSSR count). The molecule has 0 saturated carbocycles. The summed E-state index contributed by atoms with van der Waals surface area (Å²) in [6, 6.07) is 71.7. The third kappa shape index (κ3) is 118. The molecule has 12 heterocycles. The second kappa shape index (κ2) is 59.0. The average molecular weight is 2580 g/mol. The molecule has 832 valence electrons. The second-order valence-electron chi connectivity index (χ2n) is 25.0. The molecule has 0 fully saturated rings. The van der Waals surface area contributed by atoms with Crippen LogP contribution in [0, 0.1) is 79.3 Å². The fourth-order valence-electron chi connectivity index (χ4n) is 7.95. The van der Waals surface area contributed by atoms with Gasteiger partial charge in [0.05, 0.1) is 115 Å². The summed E-state index contributed by atoms with van der Waals surface area (Å²) in [6.07, 6.45) is 43.5. The van der Waals surface area contributed by atoms with E-state index in [2.05, 4.69) is 133 Å². The van der Waals surface area contributed by atoms with Gasteiger partial charge in [0.2, 0.25) is 0 Å². The number of benzene rings is 3. The monoisotopic (exact) mass is 2570 g/mol. The molecule has 12 aromatic heterocycles. The third-order valence-electron chi connectivity index (χ3n) is 12.1. The minimum atomic E-state index is -10.7. The van der Waals surface area contributed by atoms with Gasteiger partial charge < -0.3 is 27.4 Å². The summed E-state index contributed by atoms with van der Waals surface area (Å²) >= 11 is 0. The van der Waals surface area contributed by atoms with Crippen molar-refractivity contribution in [3.63, 3.8) is 0 Å². The van der Waals surface area contributed by atoms with E-state index in [9.17, 15) is 151 Å². The van der Waals surface area contributed by atoms with E-state index in [4.69, 9.17) is 36.8 Å². The first-order valence-corrected chi connectivity index (χ1v) is 49.7. The van der Waals surface area contributed by atoms with Crippen LogP contribution in [0.2, 0.25) is 0 Å². The van der Waals surface area contributed by atoms with E-state index in [0.717, 1.165) is 68.3 Å². The van der Waals surface area contributed by atoms with Gasteiger partial charge >= 0.3 is 259 Å². The van der Waals surface area contributed by atoms with Crippen LogP contribution >= 0.6 is 46.9 Å². The number of imidazole rings is 6. The van der Waals surface area contributed by atoms with Crippen LogP contribution in [0.5, 0.6) is 0 Å². The number of aromatic nitrogens is 18. The smallest absolute Gasteiger partial charge is 0.306 e. The van der Waals surface area contributed by atoms with E-state index in [1.165, 1.54) is 48.5 Å². The number of halogens is 36. The molecule has 0 unspecified atom stereocenters. The fraction of sp³-hybridized carbons (Fsp3) is 0.0875. The topological polar surface area (TPSA) is 351 Å². The quantitative estimate of drug-likeness (QED) is 0.0736. The van der Waals surface area contributed by atoms with Crippen molar-refractivity contribution in [3.05, 3.63) is 331 Å². The molecular weight excluding hydrogens is 2500 g/mol. The van der Waals surface area contributed by atoms with E-state index >= 15 is 0 Å². The van der Waals surface area contributed by atoms with Crippen LogP contribution in [0.4, 0.5) is 151 Å². The molecular formula is C80H75F36N25P6Pd3. The molecule has 0 atom stereocenters. The van der Waals surface area contributed by atoms with Crippen molar-refractivity contribution in [1.82, 2.24) is 87.2 Å². The number of hydrogen-bond donors (Lipinski definition) is 0. The molecule has 0 bridgehead atoms. The molecule has 0 aliphatic carbocycles. The van der Waals surface area contributed by atoms with Gasteiger partial charge in [-0.25, -0.2) is 29.9 Å². The van der Waals surface area contributed by atoms with Crippen LogP contribution in [0.3, 0.4) is 0 Å². The number of hydrogen-bond acceptors (Lipinski definition) is 19. The van der Waals surface area contributed by atoms with Gasteiger partial charge in [-0.05, 0) is 146 Å². The molecule has 15 aromatic rings. The van der Waals surface area contributed by atoms with Crippen molar-refractivity contribution >= 4 is 46.9 Å². The molecule has 0 saturated heterocycles. The maximum Gasteiger partial charge on any atom is 2.00 e. The Hall–Kier alpha value is -13.7. The Kier molecular flexibility index (Phi) is 58.7. The Morgan fingerprint density at radius 3 is 0.313 bits per heavy atom. The van der Waals surface area contributed by atoms with Crippen LogP contribution < -0.4 is 0 Å². The van der Waals surface area contributed by atoms with Crippen molar-refractivity contribution in [2.45, 2.75) is 48.5 Å². The van der Waals surface area contributed by atoms with Gasteiger partial charge in [0, 0.05) is 194 Å². The molecule has 3 aromatic carbocycles. The first-order chi connectivity index (χ1) is 66.3. The van der Waals surface area contributed by atoms with E-state index in [1.807, 2.05) is 174 Å². The van der Waals surface area contributed by atoms with Crippen LogP contribution in [0.25, 0.3) is 68.3 Å². The number of nitrogens with zero attached hydrogens (tertiary/aromatic N) is 25. The Labute approximate surface area is 869 Å². The molecule has 25 nitrogen and oxygen atoms in total. The Bertz CT molecular complexity index is 5400. The Morgan fingerprint density at radius 1 is 0.167 bits per heavy atom. The van der Waals surface area contributed by atoms with Gasteiger partial charge in [-0.3, -0.25) is 29.9 Å². The molecule has 0 amide bonds. The second-order valence-corrected chi connectivity index (χ2v) is 36.5. The summed E-state index contributed by atoms with van der Waals surface area (Å²) in [4.78, 5) is 49.2. The summed E-state index contributed by atoms with van der Waals surface area (Å²) < 4.78 is 367. The third-order valence-corrected chi connectivity index (χ3v) is 12.1. The fourth-order valence-corrected chi connectivity index (χ4v) is 7.95. The standard InChI is InChI=1S/3C12H10N4.3C10H8N2.7C2H3N.6F6P.3Pd/c3*1-2-12(16-8-6-14-10-16)4-3-11(1)15-7-5-13-9-15;3*1-3-7-11-9(5-1)10-6-2-4-8-12-10;7*1-2-3;6*1-7(2,3,4,5)6;;;/h3*1-10H;3*1-8H;7*1H3;;;;;;;;;/q;;;;;;;;;;;;;6*-1;3*+2. The molecule has 150 heavy (non-hydrogen) atoms. The Morgan fingerprint density at radius 2 is 0.253 bits per heavy atom. The number of rotatable bonds is 9. The number of pyridine rings is 6. The average Bonchev–Trinajstić information content (AvgIpc) is 1.10. The van der Waals surface area contributed by atoms with Gasteiger partial charge in [-0.1, -0.05) is 36.4 Å². The maximum absolute atomic E-state index is 10.7. The summed E-state index contributed by atoms with van der Waals surface area (Å²) in [5.74, 6) is 0. The first-order valence-electron chi connectivity index (χ1n) is 37.5. The molecule has 0 spiro atoms. The van der Waals surface area contributed by atoms with E-state index in [0.29, 0.717) is 0 Å². The molecule has 70 heteroatoms. The summed E-state index contributed by atoms with van der Waals surface area (Å²) in [5, 5.41) is 51.2. The van der Waals surface area contributed by atoms with Crippen molar-refractivity contribution in [3.8, 4) is 111 Å². The van der Waals surface area contributed by atoms with Gasteiger partial charge in [0.25, 0.3) is 0 Å². The predicted octanol–water partition coefficient (Wildman–Crippen LogP) is 36.6. The van der Waals surface area contributed by atoms with Crippen molar-refractivity contribution in [2.24, 2.45) is 0 Å². The minimum absolute atomic E-state index is 0. The zero-order valence-corrected chi connectivity index (χ0v) is 86.1. The number of nitriles is 7. The summed E-state index contributed by atoms with van der Waals surface area (Å²) in [7, 11) is -63.9. The van der Waals surface area contributed by atoms with Gasteiger partial charge in [-0.15, -0.1) is 0 Å².